The Morgan fingerprint density at radius 1 is 1.41 bits per heavy atom. The number of methoxy groups -OCH3 is 1. The van der Waals surface area contributed by atoms with Crippen molar-refractivity contribution in [3.63, 3.8) is 0 Å². The lowest BCUT2D eigenvalue weighted by molar-refractivity contribution is 0.199. The molecule has 6 nitrogen and oxygen atoms in total. The van der Waals surface area contributed by atoms with E-state index in [0.29, 0.717) is 17.3 Å². The number of hydrogen-bond acceptors (Lipinski definition) is 4. The first-order valence-electron chi connectivity index (χ1n) is 5.29. The lowest BCUT2D eigenvalue weighted by atomic mass is 10.1. The molecule has 0 spiro atoms. The molecule has 0 bridgehead atoms. The van der Waals surface area contributed by atoms with Gasteiger partial charge in [-0.05, 0) is 6.92 Å². The molecule has 0 saturated carbocycles. The summed E-state index contributed by atoms with van der Waals surface area (Å²) >= 11 is 0. The van der Waals surface area contributed by atoms with Crippen molar-refractivity contribution in [1.82, 2.24) is 19.3 Å². The van der Waals surface area contributed by atoms with Crippen molar-refractivity contribution in [1.29, 1.82) is 0 Å². The fourth-order valence-corrected chi connectivity index (χ4v) is 1.98. The number of ether oxygens (including phenoxy) is 1. The van der Waals surface area contributed by atoms with Crippen molar-refractivity contribution in [3.05, 3.63) is 29.5 Å². The molecular weight excluding hydrogens is 220 g/mol. The summed E-state index contributed by atoms with van der Waals surface area (Å²) < 4.78 is 8.64. The number of aryl methyl sites for hydroxylation is 3. The molecule has 2 aromatic heterocycles. The summed E-state index contributed by atoms with van der Waals surface area (Å²) in [6, 6.07) is 0. The Kier molecular flexibility index (Phi) is 2.89. The summed E-state index contributed by atoms with van der Waals surface area (Å²) in [4.78, 5) is 4.14. The number of imidazole rings is 1. The molecule has 0 amide bonds. The van der Waals surface area contributed by atoms with Crippen LogP contribution in [0.4, 0.5) is 0 Å². The topological polar surface area (TPSA) is 65.1 Å². The molecule has 17 heavy (non-hydrogen) atoms. The summed E-state index contributed by atoms with van der Waals surface area (Å²) in [6.07, 6.45) is 2.60. The van der Waals surface area contributed by atoms with E-state index in [0.717, 1.165) is 5.69 Å². The van der Waals surface area contributed by atoms with Crippen LogP contribution >= 0.6 is 0 Å². The van der Waals surface area contributed by atoms with Crippen LogP contribution in [0.3, 0.4) is 0 Å². The van der Waals surface area contributed by atoms with Gasteiger partial charge in [0.2, 0.25) is 5.88 Å². The Labute approximate surface area is 99.5 Å². The van der Waals surface area contributed by atoms with E-state index in [2.05, 4.69) is 10.1 Å². The molecule has 1 unspecified atom stereocenters. The molecule has 92 valence electrons. The van der Waals surface area contributed by atoms with Crippen LogP contribution in [-0.2, 0) is 14.1 Å². The van der Waals surface area contributed by atoms with Gasteiger partial charge in [-0.1, -0.05) is 0 Å². The summed E-state index contributed by atoms with van der Waals surface area (Å²) in [5, 5.41) is 14.6. The number of hydrogen-bond donors (Lipinski definition) is 1. The average molecular weight is 236 g/mol. The van der Waals surface area contributed by atoms with Crippen LogP contribution in [-0.4, -0.2) is 31.5 Å². The van der Waals surface area contributed by atoms with Crippen LogP contribution in [0, 0.1) is 6.92 Å². The van der Waals surface area contributed by atoms with Crippen molar-refractivity contribution in [2.24, 2.45) is 14.1 Å². The molecule has 1 N–H and O–H groups in total. The van der Waals surface area contributed by atoms with E-state index in [1.165, 1.54) is 0 Å². The van der Waals surface area contributed by atoms with Crippen molar-refractivity contribution in [2.45, 2.75) is 13.0 Å². The van der Waals surface area contributed by atoms with Gasteiger partial charge in [-0.15, -0.1) is 0 Å². The number of aliphatic hydroxyl groups excluding tert-OH is 1. The number of aliphatic hydroxyl groups is 1. The van der Waals surface area contributed by atoms with Crippen LogP contribution in [0.2, 0.25) is 0 Å². The van der Waals surface area contributed by atoms with E-state index in [1.54, 1.807) is 35.8 Å². The lowest BCUT2D eigenvalue weighted by Crippen LogP contribution is -2.09. The highest BCUT2D eigenvalue weighted by Gasteiger charge is 2.25. The van der Waals surface area contributed by atoms with Gasteiger partial charge in [-0.3, -0.25) is 0 Å². The van der Waals surface area contributed by atoms with Gasteiger partial charge in [0.05, 0.1) is 18.4 Å². The summed E-state index contributed by atoms with van der Waals surface area (Å²) in [5.74, 6) is 1.12. The third-order valence-corrected chi connectivity index (χ3v) is 2.78. The van der Waals surface area contributed by atoms with Crippen LogP contribution in [0.15, 0.2) is 12.4 Å². The second-order valence-electron chi connectivity index (χ2n) is 3.93. The van der Waals surface area contributed by atoms with E-state index in [-0.39, 0.29) is 0 Å². The van der Waals surface area contributed by atoms with Crippen molar-refractivity contribution in [2.75, 3.05) is 7.11 Å². The Morgan fingerprint density at radius 2 is 2.12 bits per heavy atom. The molecule has 2 aromatic rings. The zero-order valence-corrected chi connectivity index (χ0v) is 10.4. The van der Waals surface area contributed by atoms with Crippen LogP contribution in [0.5, 0.6) is 5.88 Å². The zero-order chi connectivity index (χ0) is 12.6. The van der Waals surface area contributed by atoms with Crippen LogP contribution < -0.4 is 4.74 Å². The van der Waals surface area contributed by atoms with E-state index in [9.17, 15) is 5.11 Å². The Hall–Kier alpha value is -1.82. The molecule has 0 aromatic carbocycles. The zero-order valence-electron chi connectivity index (χ0n) is 10.4. The quantitative estimate of drug-likeness (QED) is 0.845. The first-order chi connectivity index (χ1) is 8.06. The van der Waals surface area contributed by atoms with Crippen molar-refractivity contribution in [3.8, 4) is 5.88 Å². The molecule has 0 aliphatic carbocycles. The number of rotatable bonds is 3. The minimum Gasteiger partial charge on any atom is -0.481 e. The third-order valence-electron chi connectivity index (χ3n) is 2.78. The van der Waals surface area contributed by atoms with Crippen molar-refractivity contribution < 1.29 is 9.84 Å². The van der Waals surface area contributed by atoms with E-state index >= 15 is 0 Å². The predicted octanol–water partition coefficient (Wildman–Crippen LogP) is 0.552. The monoisotopic (exact) mass is 236 g/mol. The molecule has 0 aliphatic heterocycles. The normalized spacial score (nSPS) is 12.8. The minimum atomic E-state index is -0.835. The first-order valence-corrected chi connectivity index (χ1v) is 5.29. The summed E-state index contributed by atoms with van der Waals surface area (Å²) in [5.41, 5.74) is 1.39. The molecule has 6 heteroatoms. The van der Waals surface area contributed by atoms with Gasteiger partial charge in [0, 0.05) is 26.5 Å². The second-order valence-corrected chi connectivity index (χ2v) is 3.93. The molecule has 1 atom stereocenters. The third kappa shape index (κ3) is 1.80. The Balaban J connectivity index is 2.50. The van der Waals surface area contributed by atoms with Gasteiger partial charge in [0.25, 0.3) is 0 Å². The van der Waals surface area contributed by atoms with E-state index in [1.807, 2.05) is 14.0 Å². The Bertz CT molecular complexity index is 530. The van der Waals surface area contributed by atoms with Gasteiger partial charge < -0.3 is 14.4 Å². The molecule has 2 rings (SSSR count). The fourth-order valence-electron chi connectivity index (χ4n) is 1.98. The summed E-state index contributed by atoms with van der Waals surface area (Å²) in [6.45, 7) is 1.84. The van der Waals surface area contributed by atoms with Gasteiger partial charge in [0.1, 0.15) is 11.9 Å². The molecule has 0 radical (unpaired) electrons. The fraction of sp³-hybridized carbons (Fsp3) is 0.455. The SMILES string of the molecule is COc1c(C(O)c2nccn2C)c(C)nn1C. The maximum atomic E-state index is 10.4. The predicted molar refractivity (Wildman–Crippen MR) is 61.8 cm³/mol. The smallest absolute Gasteiger partial charge is 0.217 e. The largest absolute Gasteiger partial charge is 0.481 e. The number of nitrogens with zero attached hydrogens (tertiary/aromatic N) is 4. The van der Waals surface area contributed by atoms with Crippen molar-refractivity contribution >= 4 is 0 Å². The molecule has 2 heterocycles. The lowest BCUT2D eigenvalue weighted by Gasteiger charge is -2.12. The standard InChI is InChI=1S/C11H16N4O2/c1-7-8(11(17-4)15(3)13-7)9(16)10-12-5-6-14(10)2/h5-6,9,16H,1-4H3. The summed E-state index contributed by atoms with van der Waals surface area (Å²) in [7, 11) is 5.18. The molecular formula is C11H16N4O2. The van der Waals surface area contributed by atoms with E-state index in [4.69, 9.17) is 4.74 Å². The molecule has 0 saturated heterocycles. The van der Waals surface area contributed by atoms with Gasteiger partial charge >= 0.3 is 0 Å². The molecule has 0 aliphatic rings. The maximum absolute atomic E-state index is 10.4. The Morgan fingerprint density at radius 3 is 2.65 bits per heavy atom. The average Bonchev–Trinajstić information content (AvgIpc) is 2.81. The van der Waals surface area contributed by atoms with Crippen LogP contribution in [0.25, 0.3) is 0 Å². The van der Waals surface area contributed by atoms with Gasteiger partial charge in [-0.25, -0.2) is 9.67 Å². The van der Waals surface area contributed by atoms with Gasteiger partial charge in [0.15, 0.2) is 0 Å². The van der Waals surface area contributed by atoms with Gasteiger partial charge in [-0.2, -0.15) is 5.10 Å². The highest BCUT2D eigenvalue weighted by Crippen LogP contribution is 2.31. The minimum absolute atomic E-state index is 0.554. The highest BCUT2D eigenvalue weighted by atomic mass is 16.5. The molecule has 0 fully saturated rings. The maximum Gasteiger partial charge on any atom is 0.217 e. The highest BCUT2D eigenvalue weighted by molar-refractivity contribution is 5.36. The van der Waals surface area contributed by atoms with E-state index < -0.39 is 6.10 Å². The first kappa shape index (κ1) is 11.7. The van der Waals surface area contributed by atoms with Crippen LogP contribution in [0.1, 0.15) is 23.2 Å². The number of aromatic nitrogens is 4. The second kappa shape index (κ2) is 4.21.